The van der Waals surface area contributed by atoms with Crippen molar-refractivity contribution in [3.8, 4) is 11.5 Å². The van der Waals surface area contributed by atoms with Crippen LogP contribution in [0.2, 0.25) is 0 Å². The fraction of sp³-hybridized carbons (Fsp3) is 0.485. The van der Waals surface area contributed by atoms with E-state index < -0.39 is 23.6 Å². The zero-order valence-corrected chi connectivity index (χ0v) is 25.2. The van der Waals surface area contributed by atoms with Gasteiger partial charge in [-0.1, -0.05) is 20.8 Å². The van der Waals surface area contributed by atoms with Crippen LogP contribution in [0.3, 0.4) is 0 Å². The van der Waals surface area contributed by atoms with Gasteiger partial charge in [0.25, 0.3) is 11.8 Å². The van der Waals surface area contributed by atoms with Crippen LogP contribution >= 0.6 is 0 Å². The van der Waals surface area contributed by atoms with E-state index in [4.69, 9.17) is 9.15 Å². The monoisotopic (exact) mass is 596 g/mol. The average molecular weight is 597 g/mol. The summed E-state index contributed by atoms with van der Waals surface area (Å²) in [5.74, 6) is -1.62. The van der Waals surface area contributed by atoms with E-state index in [9.17, 15) is 18.4 Å². The molecule has 0 spiro atoms. The number of ether oxygens (including phenoxy) is 1. The van der Waals surface area contributed by atoms with Crippen LogP contribution in [0.25, 0.3) is 11.5 Å². The summed E-state index contributed by atoms with van der Waals surface area (Å²) in [7, 11) is 0. The van der Waals surface area contributed by atoms with Gasteiger partial charge in [-0.15, -0.1) is 0 Å². The van der Waals surface area contributed by atoms with Crippen molar-refractivity contribution in [2.24, 2.45) is 0 Å². The molecule has 10 heteroatoms. The number of nitrogens with zero attached hydrogens (tertiary/aromatic N) is 2. The van der Waals surface area contributed by atoms with Crippen LogP contribution in [-0.2, 0) is 11.2 Å². The van der Waals surface area contributed by atoms with Gasteiger partial charge >= 0.3 is 0 Å². The minimum atomic E-state index is -0.669. The van der Waals surface area contributed by atoms with Crippen LogP contribution in [-0.4, -0.2) is 66.1 Å². The van der Waals surface area contributed by atoms with E-state index in [-0.39, 0.29) is 30.0 Å². The fourth-order valence-electron chi connectivity index (χ4n) is 5.60. The molecule has 2 N–H and O–H groups in total. The smallest absolute Gasteiger partial charge is 0.253 e. The molecule has 8 nitrogen and oxygen atoms in total. The number of benzene rings is 2. The second-order valence-electron chi connectivity index (χ2n) is 11.2. The molecular weight excluding hydrogens is 554 g/mol. The molecule has 1 saturated heterocycles. The number of amides is 2. The first kappa shape index (κ1) is 32.3. The summed E-state index contributed by atoms with van der Waals surface area (Å²) in [6.07, 6.45) is 7.08. The summed E-state index contributed by atoms with van der Waals surface area (Å²) in [6, 6.07) is 7.93. The molecule has 2 heterocycles. The fourth-order valence-corrected chi connectivity index (χ4v) is 5.60. The number of carbonyl (C=O) groups excluding carboxylic acids is 2. The summed E-state index contributed by atoms with van der Waals surface area (Å²) in [4.78, 5) is 33.3. The molecule has 1 aliphatic heterocycles. The molecule has 0 bridgehead atoms. The van der Waals surface area contributed by atoms with Gasteiger partial charge in [0, 0.05) is 61.1 Å². The van der Waals surface area contributed by atoms with Crippen LogP contribution in [0, 0.1) is 11.6 Å². The highest BCUT2D eigenvalue weighted by atomic mass is 19.1. The summed E-state index contributed by atoms with van der Waals surface area (Å²) < 4.78 is 39.5. The maximum absolute atomic E-state index is 14.0. The van der Waals surface area contributed by atoms with Crippen LogP contribution < -0.4 is 10.6 Å². The van der Waals surface area contributed by atoms with Crippen LogP contribution in [0.1, 0.15) is 79.2 Å². The van der Waals surface area contributed by atoms with E-state index in [0.29, 0.717) is 55.2 Å². The molecule has 232 valence electrons. The molecule has 3 atom stereocenters. The Hall–Kier alpha value is -3.63. The molecule has 43 heavy (non-hydrogen) atoms. The summed E-state index contributed by atoms with van der Waals surface area (Å²) in [6.45, 7) is 8.67. The molecule has 1 aromatic heterocycles. The van der Waals surface area contributed by atoms with Gasteiger partial charge < -0.3 is 24.7 Å². The summed E-state index contributed by atoms with van der Waals surface area (Å²) in [5, 5.41) is 6.54. The van der Waals surface area contributed by atoms with Crippen molar-refractivity contribution in [1.82, 2.24) is 20.5 Å². The lowest BCUT2D eigenvalue weighted by Crippen LogP contribution is -2.41. The predicted octanol–water partition coefficient (Wildman–Crippen LogP) is 5.77. The topological polar surface area (TPSA) is 96.7 Å². The van der Waals surface area contributed by atoms with Crippen molar-refractivity contribution >= 4 is 11.8 Å². The van der Waals surface area contributed by atoms with E-state index in [1.807, 2.05) is 13.8 Å². The van der Waals surface area contributed by atoms with Gasteiger partial charge in [0.05, 0.1) is 12.3 Å². The maximum atomic E-state index is 14.0. The number of oxazole rings is 1. The number of hydrogen-bond donors (Lipinski definition) is 2. The molecule has 1 fully saturated rings. The quantitative estimate of drug-likeness (QED) is 0.231. The summed E-state index contributed by atoms with van der Waals surface area (Å²) in [5.41, 5.74) is 1.58. The zero-order valence-electron chi connectivity index (χ0n) is 25.2. The maximum Gasteiger partial charge on any atom is 0.253 e. The lowest BCUT2D eigenvalue weighted by molar-refractivity contribution is 0.0655. The van der Waals surface area contributed by atoms with E-state index in [1.54, 1.807) is 23.1 Å². The van der Waals surface area contributed by atoms with Gasteiger partial charge in [-0.05, 0) is 74.4 Å². The van der Waals surface area contributed by atoms with Crippen molar-refractivity contribution in [1.29, 1.82) is 0 Å². The van der Waals surface area contributed by atoms with E-state index in [1.165, 1.54) is 24.6 Å². The molecule has 1 aliphatic rings. The van der Waals surface area contributed by atoms with E-state index >= 15 is 0 Å². The highest BCUT2D eigenvalue weighted by molar-refractivity contribution is 6.01. The second-order valence-corrected chi connectivity index (χ2v) is 11.2. The Morgan fingerprint density at radius 1 is 1.05 bits per heavy atom. The molecule has 3 aromatic rings. The lowest BCUT2D eigenvalue weighted by Gasteiger charge is -2.24. The normalized spacial score (nSPS) is 17.1. The van der Waals surface area contributed by atoms with Crippen molar-refractivity contribution in [2.75, 3.05) is 26.2 Å². The molecule has 0 radical (unpaired) electrons. The zero-order chi connectivity index (χ0) is 30.8. The largest absolute Gasteiger partial charge is 0.445 e. The number of carbonyl (C=O) groups is 2. The standard InChI is InChI=1S/C33H42F2N4O4/c1-4-8-39(9-5-2)33(41)25-16-23(15-24(17-25)32-36-7-11-43-32)31(40)38-29(14-22-12-26(34)18-27(35)13-22)19-28-20-30(21-37-28)42-10-6-3/h7,11-13,15-18,28-30,37H,4-6,8-10,14,19-21H2,1-3H3,(H,38,40)/t28-,29-,30+/m0/s1. The highest BCUT2D eigenvalue weighted by Gasteiger charge is 2.28. The van der Waals surface area contributed by atoms with Crippen molar-refractivity contribution in [3.63, 3.8) is 0 Å². The Kier molecular flexibility index (Phi) is 11.8. The van der Waals surface area contributed by atoms with Gasteiger partial charge in [-0.3, -0.25) is 9.59 Å². The van der Waals surface area contributed by atoms with Crippen LogP contribution in [0.5, 0.6) is 0 Å². The Morgan fingerprint density at radius 2 is 1.77 bits per heavy atom. The van der Waals surface area contributed by atoms with Crippen molar-refractivity contribution in [3.05, 3.63) is 77.2 Å². The van der Waals surface area contributed by atoms with Gasteiger partial charge in [-0.2, -0.15) is 0 Å². The number of rotatable bonds is 15. The molecule has 0 unspecified atom stereocenters. The second kappa shape index (κ2) is 15.7. The third kappa shape index (κ3) is 9.18. The molecule has 0 saturated carbocycles. The molecule has 2 aromatic carbocycles. The Bertz CT molecular complexity index is 1320. The number of halogens is 2. The minimum Gasteiger partial charge on any atom is -0.445 e. The van der Waals surface area contributed by atoms with Crippen LogP contribution in [0.15, 0.2) is 53.3 Å². The first-order valence-corrected chi connectivity index (χ1v) is 15.2. The molecule has 2 amide bonds. The third-order valence-electron chi connectivity index (χ3n) is 7.44. The number of nitrogens with one attached hydrogen (secondary N) is 2. The first-order chi connectivity index (χ1) is 20.8. The third-order valence-corrected chi connectivity index (χ3v) is 7.44. The Balaban J connectivity index is 1.61. The predicted molar refractivity (Wildman–Crippen MR) is 161 cm³/mol. The SMILES string of the molecule is CCCO[C@H]1CN[C@@H](C[C@H](Cc2cc(F)cc(F)c2)NC(=O)c2cc(C(=O)N(CCC)CCC)cc(-c3ncco3)c2)C1. The van der Waals surface area contributed by atoms with Gasteiger partial charge in [0.15, 0.2) is 0 Å². The van der Waals surface area contributed by atoms with Crippen LogP contribution in [0.4, 0.5) is 8.78 Å². The minimum absolute atomic E-state index is 0.0537. The molecule has 4 rings (SSSR count). The first-order valence-electron chi connectivity index (χ1n) is 15.2. The Morgan fingerprint density at radius 3 is 2.42 bits per heavy atom. The number of aromatic nitrogens is 1. The molecule has 0 aliphatic carbocycles. The summed E-state index contributed by atoms with van der Waals surface area (Å²) >= 11 is 0. The van der Waals surface area contributed by atoms with Crippen molar-refractivity contribution < 1.29 is 27.5 Å². The highest BCUT2D eigenvalue weighted by Crippen LogP contribution is 2.24. The average Bonchev–Trinajstić information content (AvgIpc) is 3.67. The van der Waals surface area contributed by atoms with Gasteiger partial charge in [-0.25, -0.2) is 13.8 Å². The number of hydrogen-bond acceptors (Lipinski definition) is 6. The van der Waals surface area contributed by atoms with Crippen molar-refractivity contribution in [2.45, 2.75) is 77.5 Å². The lowest BCUT2D eigenvalue weighted by atomic mass is 9.97. The van der Waals surface area contributed by atoms with Gasteiger partial charge in [0.1, 0.15) is 17.9 Å². The Labute approximate surface area is 252 Å². The molecular formula is C33H42F2N4O4. The van der Waals surface area contributed by atoms with Gasteiger partial charge in [0.2, 0.25) is 5.89 Å². The van der Waals surface area contributed by atoms with E-state index in [2.05, 4.69) is 22.5 Å². The van der Waals surface area contributed by atoms with E-state index in [0.717, 1.165) is 31.7 Å².